The van der Waals surface area contributed by atoms with E-state index in [-0.39, 0.29) is 46.2 Å². The van der Waals surface area contributed by atoms with Crippen molar-refractivity contribution < 1.29 is 102 Å². The number of aliphatic hydroxyl groups is 6. The van der Waals surface area contributed by atoms with E-state index >= 15 is 0 Å². The third-order valence-electron chi connectivity index (χ3n) is 13.5. The maximum Gasteiger partial charge on any atom is 0.303 e. The molecule has 2 aromatic rings. The zero-order valence-electron chi connectivity index (χ0n) is 36.1. The van der Waals surface area contributed by atoms with Gasteiger partial charge in [-0.25, -0.2) is 0 Å². The molecule has 0 radical (unpaired) electrons. The van der Waals surface area contributed by atoms with E-state index in [4.69, 9.17) is 52.1 Å². The largest absolute Gasteiger partial charge is 0.506 e. The summed E-state index contributed by atoms with van der Waals surface area (Å²) < 4.78 is 67.0. The number of methoxy groups -OCH3 is 3. The number of aromatic hydroxyl groups is 1. The van der Waals surface area contributed by atoms with Crippen molar-refractivity contribution in [3.8, 4) is 17.2 Å². The number of hydrogen-bond acceptors (Lipinski definition) is 21. The van der Waals surface area contributed by atoms with Crippen molar-refractivity contribution in [1.82, 2.24) is 0 Å². The average Bonchev–Trinajstić information content (AvgIpc) is 3.70. The Bertz CT molecular complexity index is 2190. The van der Waals surface area contributed by atoms with Crippen molar-refractivity contribution in [3.05, 3.63) is 28.3 Å². The molecule has 6 aliphatic rings. The molecule has 7 N–H and O–H groups in total. The van der Waals surface area contributed by atoms with E-state index in [0.717, 1.165) is 6.92 Å². The van der Waals surface area contributed by atoms with Crippen LogP contribution in [0.1, 0.15) is 93.1 Å². The molecule has 0 saturated carbocycles. The van der Waals surface area contributed by atoms with Crippen LogP contribution in [0.5, 0.6) is 17.2 Å². The molecule has 15 atom stereocenters. The zero-order valence-corrected chi connectivity index (χ0v) is 36.1. The monoisotopic (exact) mass is 894 g/mol. The SMILES string of the molecule is COc1c2c(c(O)c3c4c(c(C)cc13)C1OC3(C(OC)OC)OC1C(O[C@H]1C[C@@H](O)[C@@](O)(C(C)=O)[C@H](C)O1)(O4)C3(O)CO)C(=O)C(O)CC2O[C@H]1C[C@@](C)(O)[C@H](OC(C)=O)[C@H](C)O1. The van der Waals surface area contributed by atoms with E-state index in [1.807, 2.05) is 0 Å². The summed E-state index contributed by atoms with van der Waals surface area (Å²) in [5, 5.41) is 81.3. The van der Waals surface area contributed by atoms with Crippen LogP contribution in [0.3, 0.4) is 0 Å². The highest BCUT2D eigenvalue weighted by atomic mass is 16.9. The molecule has 348 valence electrons. The van der Waals surface area contributed by atoms with Crippen LogP contribution in [0, 0.1) is 6.92 Å². The summed E-state index contributed by atoms with van der Waals surface area (Å²) in [6.45, 7) is 7.13. The van der Waals surface area contributed by atoms with Crippen molar-refractivity contribution in [3.63, 3.8) is 0 Å². The first-order valence-electron chi connectivity index (χ1n) is 20.5. The Morgan fingerprint density at radius 2 is 1.67 bits per heavy atom. The molecule has 1 aliphatic carbocycles. The summed E-state index contributed by atoms with van der Waals surface area (Å²) in [7, 11) is 3.78. The molecule has 7 unspecified atom stereocenters. The van der Waals surface area contributed by atoms with Crippen LogP contribution >= 0.6 is 0 Å². The van der Waals surface area contributed by atoms with E-state index < -0.39 is 138 Å². The highest BCUT2D eigenvalue weighted by Gasteiger charge is 2.88. The van der Waals surface area contributed by atoms with Gasteiger partial charge in [0.25, 0.3) is 11.6 Å². The molecule has 2 bridgehead atoms. The van der Waals surface area contributed by atoms with Gasteiger partial charge in [0, 0.05) is 56.9 Å². The van der Waals surface area contributed by atoms with Crippen molar-refractivity contribution in [2.24, 2.45) is 0 Å². The molecule has 0 amide bonds. The van der Waals surface area contributed by atoms with Gasteiger partial charge in [-0.3, -0.25) is 14.4 Å². The Labute approximate surface area is 360 Å². The van der Waals surface area contributed by atoms with Crippen LogP contribution in [0.2, 0.25) is 0 Å². The van der Waals surface area contributed by atoms with Crippen LogP contribution in [0.15, 0.2) is 6.07 Å². The Morgan fingerprint density at radius 1 is 0.984 bits per heavy atom. The van der Waals surface area contributed by atoms with Gasteiger partial charge in [0.05, 0.1) is 49.1 Å². The number of rotatable bonds is 11. The number of Topliss-reactive ketones (excluding diaryl/α,β-unsaturated/α-hetero) is 2. The number of benzene rings is 2. The van der Waals surface area contributed by atoms with Gasteiger partial charge >= 0.3 is 5.97 Å². The summed E-state index contributed by atoms with van der Waals surface area (Å²) in [4.78, 5) is 38.4. The van der Waals surface area contributed by atoms with E-state index in [2.05, 4.69) is 0 Å². The fourth-order valence-electron chi connectivity index (χ4n) is 10.6. The predicted molar refractivity (Wildman–Crippen MR) is 207 cm³/mol. The molecule has 63 heavy (non-hydrogen) atoms. The van der Waals surface area contributed by atoms with Crippen LogP contribution in [0.25, 0.3) is 10.8 Å². The molecule has 2 aromatic carbocycles. The van der Waals surface area contributed by atoms with Gasteiger partial charge < -0.3 is 87.9 Å². The minimum absolute atomic E-state index is 0.00178. The van der Waals surface area contributed by atoms with Crippen LogP contribution in [-0.2, 0) is 52.2 Å². The number of phenolic OH excluding ortho intramolecular Hbond substituents is 1. The van der Waals surface area contributed by atoms with Crippen molar-refractivity contribution in [1.29, 1.82) is 0 Å². The number of ketones is 2. The molecule has 5 aliphatic heterocycles. The lowest BCUT2D eigenvalue weighted by Gasteiger charge is -2.55. The number of esters is 1. The summed E-state index contributed by atoms with van der Waals surface area (Å²) in [5.41, 5.74) is -6.47. The zero-order chi connectivity index (χ0) is 46.1. The smallest absolute Gasteiger partial charge is 0.303 e. The van der Waals surface area contributed by atoms with Gasteiger partial charge in [0.1, 0.15) is 35.1 Å². The third-order valence-corrected chi connectivity index (χ3v) is 13.5. The quantitative estimate of drug-likeness (QED) is 0.116. The van der Waals surface area contributed by atoms with E-state index in [1.165, 1.54) is 42.1 Å². The summed E-state index contributed by atoms with van der Waals surface area (Å²) in [5.74, 6) is -8.27. The minimum Gasteiger partial charge on any atom is -0.506 e. The lowest BCUT2D eigenvalue weighted by molar-refractivity contribution is -0.429. The van der Waals surface area contributed by atoms with Crippen molar-refractivity contribution in [2.45, 2.75) is 157 Å². The second-order valence-corrected chi connectivity index (χ2v) is 17.4. The molecule has 21 nitrogen and oxygen atoms in total. The fraction of sp³-hybridized carbons (Fsp3) is 0.690. The number of fused-ring (bicyclic) bond motifs is 6. The second-order valence-electron chi connectivity index (χ2n) is 17.4. The van der Waals surface area contributed by atoms with Gasteiger partial charge in [-0.2, -0.15) is 0 Å². The first kappa shape index (κ1) is 45.9. The third kappa shape index (κ3) is 6.24. The first-order chi connectivity index (χ1) is 29.5. The van der Waals surface area contributed by atoms with E-state index in [1.54, 1.807) is 19.9 Å². The molecule has 21 heteroatoms. The summed E-state index contributed by atoms with van der Waals surface area (Å²) >= 11 is 0. The highest BCUT2D eigenvalue weighted by Crippen LogP contribution is 2.68. The Morgan fingerprint density at radius 3 is 2.24 bits per heavy atom. The normalized spacial score (nSPS) is 41.6. The van der Waals surface area contributed by atoms with E-state index in [0.29, 0.717) is 5.56 Å². The standard InChI is InChI=1S/C42H54O21/c1-15-10-20-27(31(49)29-28(32(20)53-7)22(11-21(46)30(29)48)59-25-13-38(6,50)35(16(2)56-25)58-19(5)45)33-26(15)34-36-41(61-33,39(51,14-43)42(62-34,63-36)37(54-8)55-9)60-24-12-23(47)40(52,17(3)44)18(4)57-24/h10,16,18,21-25,34-37,43,46-47,49-52H,11-14H2,1-9H3/t16-,18-,21?,22?,23+,24-,25-,34?,35+,36?,38+,39?,40+,41?,42?/m0/s1. The van der Waals surface area contributed by atoms with Crippen LogP contribution in [0.4, 0.5) is 0 Å². The molecular weight excluding hydrogens is 840 g/mol. The van der Waals surface area contributed by atoms with Crippen molar-refractivity contribution >= 4 is 28.3 Å². The minimum atomic E-state index is -2.80. The molecule has 5 heterocycles. The molecule has 8 rings (SSSR count). The number of ether oxygens (including phenoxy) is 11. The predicted octanol–water partition coefficient (Wildman–Crippen LogP) is 0.115. The molecule has 4 fully saturated rings. The number of phenols is 1. The summed E-state index contributed by atoms with van der Waals surface area (Å²) in [6, 6.07) is 1.62. The maximum atomic E-state index is 14.1. The number of hydrogen-bond donors (Lipinski definition) is 7. The molecule has 4 saturated heterocycles. The Kier molecular flexibility index (Phi) is 11.3. The summed E-state index contributed by atoms with van der Waals surface area (Å²) in [6.07, 6.45) is -16.1. The van der Waals surface area contributed by atoms with Gasteiger partial charge in [0.15, 0.2) is 42.0 Å². The Balaban J connectivity index is 1.29. The number of carbonyl (C=O) groups is 3. The average molecular weight is 895 g/mol. The maximum absolute atomic E-state index is 14.1. The van der Waals surface area contributed by atoms with Crippen LogP contribution < -0.4 is 9.47 Å². The lowest BCUT2D eigenvalue weighted by atomic mass is 9.75. The Hall–Kier alpha value is -3.65. The molecule has 0 spiro atoms. The van der Waals surface area contributed by atoms with Gasteiger partial charge in [-0.1, -0.05) is 0 Å². The second kappa shape index (κ2) is 15.5. The number of carbonyl (C=O) groups excluding carboxylic acids is 3. The number of aryl methyl sites for hydroxylation is 1. The lowest BCUT2D eigenvalue weighted by Crippen LogP contribution is -2.78. The first-order valence-corrected chi connectivity index (χ1v) is 20.5. The highest BCUT2D eigenvalue weighted by molar-refractivity contribution is 6.13. The fourth-order valence-corrected chi connectivity index (χ4v) is 10.6. The van der Waals surface area contributed by atoms with Gasteiger partial charge in [-0.05, 0) is 46.2 Å². The van der Waals surface area contributed by atoms with Gasteiger partial charge in [0.2, 0.25) is 11.9 Å². The van der Waals surface area contributed by atoms with Gasteiger partial charge in [-0.15, -0.1) is 0 Å². The van der Waals surface area contributed by atoms with Crippen LogP contribution in [-0.4, -0.2) is 165 Å². The molecule has 0 aromatic heterocycles. The van der Waals surface area contributed by atoms with Crippen molar-refractivity contribution in [2.75, 3.05) is 27.9 Å². The molecular formula is C42H54O21. The topological polar surface area (TPSA) is 294 Å². The number of aliphatic hydroxyl groups excluding tert-OH is 3. The van der Waals surface area contributed by atoms with E-state index in [9.17, 15) is 50.1 Å².